The quantitative estimate of drug-likeness (QED) is 0.0512. The minimum absolute atomic E-state index is 0.170. The van der Waals surface area contributed by atoms with Gasteiger partial charge in [-0.15, -0.1) is 0 Å². The molecule has 1 amide bonds. The first kappa shape index (κ1) is 34.9. The molecule has 4 aromatic rings. The van der Waals surface area contributed by atoms with E-state index in [2.05, 4.69) is 84.7 Å². The third-order valence-electron chi connectivity index (χ3n) is 8.58. The maximum Gasteiger partial charge on any atom is 0.302 e. The zero-order valence-corrected chi connectivity index (χ0v) is 28.3. The van der Waals surface area contributed by atoms with Crippen LogP contribution in [0.4, 0.5) is 0 Å². The number of pyridine rings is 1. The van der Waals surface area contributed by atoms with Gasteiger partial charge in [0.05, 0.1) is 24.1 Å². The fraction of sp³-hybridized carbons (Fsp3) is 0.447. The van der Waals surface area contributed by atoms with Crippen LogP contribution in [0.2, 0.25) is 0 Å². The van der Waals surface area contributed by atoms with Gasteiger partial charge in [-0.1, -0.05) is 57.0 Å². The zero-order valence-electron chi connectivity index (χ0n) is 28.3. The maximum absolute atomic E-state index is 11.8. The van der Waals surface area contributed by atoms with Gasteiger partial charge in [-0.25, -0.2) is 5.43 Å². The van der Waals surface area contributed by atoms with E-state index < -0.39 is 0 Å². The summed E-state index contributed by atoms with van der Waals surface area (Å²) in [5.41, 5.74) is 14.3. The highest BCUT2D eigenvalue weighted by molar-refractivity contribution is 5.95. The fourth-order valence-electron chi connectivity index (χ4n) is 6.22. The van der Waals surface area contributed by atoms with Gasteiger partial charge in [0.2, 0.25) is 6.41 Å². The number of hydrazine groups is 1. The van der Waals surface area contributed by atoms with E-state index in [-0.39, 0.29) is 17.5 Å². The predicted molar refractivity (Wildman–Crippen MR) is 185 cm³/mol. The van der Waals surface area contributed by atoms with Gasteiger partial charge < -0.3 is 14.0 Å². The molecule has 0 radical (unpaired) electrons. The highest BCUT2D eigenvalue weighted by Crippen LogP contribution is 2.41. The Balaban J connectivity index is 1.73. The summed E-state index contributed by atoms with van der Waals surface area (Å²) in [7, 11) is 1.72. The average Bonchev–Trinajstić information content (AvgIpc) is 3.36. The number of unbranched alkanes of at least 4 members (excludes halogenated alkanes) is 3. The molecule has 2 aromatic carbocycles. The van der Waals surface area contributed by atoms with Crippen LogP contribution in [-0.4, -0.2) is 42.2 Å². The molecule has 2 aromatic heterocycles. The van der Waals surface area contributed by atoms with Crippen LogP contribution in [-0.2, 0) is 38.4 Å². The predicted octanol–water partition coefficient (Wildman–Crippen LogP) is 7.58. The third-order valence-corrected chi connectivity index (χ3v) is 8.58. The Morgan fingerprint density at radius 1 is 1.04 bits per heavy atom. The van der Waals surface area contributed by atoms with Crippen molar-refractivity contribution in [1.29, 1.82) is 0 Å². The number of carbonyl (C=O) groups is 2. The molecule has 0 aliphatic carbocycles. The van der Waals surface area contributed by atoms with Crippen molar-refractivity contribution in [2.24, 2.45) is 5.41 Å². The van der Waals surface area contributed by atoms with Crippen LogP contribution in [0.25, 0.3) is 33.3 Å². The van der Waals surface area contributed by atoms with Crippen LogP contribution in [0.3, 0.4) is 0 Å². The van der Waals surface area contributed by atoms with Crippen molar-refractivity contribution in [3.8, 4) is 22.4 Å². The molecule has 0 fully saturated rings. The van der Waals surface area contributed by atoms with Gasteiger partial charge in [-0.2, -0.15) is 0 Å². The summed E-state index contributed by atoms with van der Waals surface area (Å²) in [5, 5.41) is 1.20. The van der Waals surface area contributed by atoms with Crippen LogP contribution >= 0.6 is 0 Å². The number of fused-ring (bicyclic) bond motifs is 1. The molecule has 0 saturated heterocycles. The third kappa shape index (κ3) is 8.83. The molecular weight excluding hydrogens is 576 g/mol. The molecule has 8 heteroatoms. The van der Waals surface area contributed by atoms with E-state index in [0.29, 0.717) is 13.0 Å². The zero-order chi connectivity index (χ0) is 33.1. The standard InChI is InChI=1S/C38H50N4O4/c1-7-42-35-19-18-31(30-16-12-15-29(22-30)14-10-8-9-11-21-40-41-26-43)23-33(35)34(24-38(4,5)25-46-28(3)44)37(42)32-17-13-20-39-36(32)27(2)45-6/h12-13,15-20,22-23,26-27,40H,7-11,14,21,24-25H2,1-6H3,(H,41,43). The second kappa shape index (κ2) is 16.5. The minimum Gasteiger partial charge on any atom is -0.465 e. The van der Waals surface area contributed by atoms with Crippen molar-refractivity contribution in [1.82, 2.24) is 20.4 Å². The number of aromatic nitrogens is 2. The molecule has 0 bridgehead atoms. The van der Waals surface area contributed by atoms with E-state index >= 15 is 0 Å². The summed E-state index contributed by atoms with van der Waals surface area (Å²) in [6, 6.07) is 19.8. The maximum atomic E-state index is 11.8. The van der Waals surface area contributed by atoms with Gasteiger partial charge in [0, 0.05) is 55.2 Å². The molecular formula is C38H50N4O4. The van der Waals surface area contributed by atoms with Crippen LogP contribution in [0.1, 0.15) is 83.2 Å². The van der Waals surface area contributed by atoms with Gasteiger partial charge in [-0.05, 0) is 86.1 Å². The molecule has 4 rings (SSSR count). The molecule has 0 spiro atoms. The van der Waals surface area contributed by atoms with Crippen molar-refractivity contribution >= 4 is 23.3 Å². The smallest absolute Gasteiger partial charge is 0.302 e. The summed E-state index contributed by atoms with van der Waals surface area (Å²) >= 11 is 0. The summed E-state index contributed by atoms with van der Waals surface area (Å²) in [5.74, 6) is -0.265. The summed E-state index contributed by atoms with van der Waals surface area (Å²) in [6.07, 6.45) is 8.50. The second-order valence-electron chi connectivity index (χ2n) is 12.8. The topological polar surface area (TPSA) is 94.5 Å². The lowest BCUT2D eigenvalue weighted by Gasteiger charge is -2.25. The highest BCUT2D eigenvalue weighted by Gasteiger charge is 2.28. The Morgan fingerprint density at radius 2 is 1.83 bits per heavy atom. The van der Waals surface area contributed by atoms with Crippen molar-refractivity contribution in [3.05, 3.63) is 77.6 Å². The number of nitrogens with zero attached hydrogens (tertiary/aromatic N) is 2. The SMILES string of the molecule is CCn1c(-c2cccnc2C(C)OC)c(CC(C)(C)COC(C)=O)c2cc(-c3cccc(CCCCCCNNC=O)c3)ccc21. The highest BCUT2D eigenvalue weighted by atomic mass is 16.5. The van der Waals surface area contributed by atoms with E-state index in [9.17, 15) is 9.59 Å². The van der Waals surface area contributed by atoms with Gasteiger partial charge in [0.15, 0.2) is 0 Å². The Morgan fingerprint density at radius 3 is 2.57 bits per heavy atom. The minimum atomic E-state index is -0.292. The van der Waals surface area contributed by atoms with Crippen LogP contribution in [0.15, 0.2) is 60.8 Å². The van der Waals surface area contributed by atoms with E-state index in [4.69, 9.17) is 14.5 Å². The number of carbonyl (C=O) groups excluding carboxylic acids is 2. The van der Waals surface area contributed by atoms with Crippen LogP contribution in [0, 0.1) is 5.41 Å². The van der Waals surface area contributed by atoms with Gasteiger partial charge >= 0.3 is 5.97 Å². The van der Waals surface area contributed by atoms with Crippen LogP contribution in [0.5, 0.6) is 0 Å². The number of benzene rings is 2. The van der Waals surface area contributed by atoms with Crippen molar-refractivity contribution < 1.29 is 19.1 Å². The number of ether oxygens (including phenoxy) is 2. The lowest BCUT2D eigenvalue weighted by atomic mass is 9.84. The second-order valence-corrected chi connectivity index (χ2v) is 12.8. The number of hydrogen-bond donors (Lipinski definition) is 2. The molecule has 2 heterocycles. The van der Waals surface area contributed by atoms with E-state index in [0.717, 1.165) is 68.6 Å². The Labute approximate surface area is 273 Å². The van der Waals surface area contributed by atoms with Gasteiger partial charge in [-0.3, -0.25) is 20.0 Å². The Hall–Kier alpha value is -4.01. The molecule has 1 unspecified atom stereocenters. The molecule has 8 nitrogen and oxygen atoms in total. The summed E-state index contributed by atoms with van der Waals surface area (Å²) in [4.78, 5) is 26.9. The van der Waals surface area contributed by atoms with E-state index in [1.54, 1.807) is 7.11 Å². The fourth-order valence-corrected chi connectivity index (χ4v) is 6.22. The molecule has 46 heavy (non-hydrogen) atoms. The molecule has 1 atom stereocenters. The number of aryl methyl sites for hydroxylation is 2. The normalized spacial score (nSPS) is 12.3. The lowest BCUT2D eigenvalue weighted by Crippen LogP contribution is -2.30. The number of rotatable bonds is 18. The molecule has 0 aliphatic heterocycles. The molecule has 246 valence electrons. The monoisotopic (exact) mass is 626 g/mol. The first-order valence-corrected chi connectivity index (χ1v) is 16.5. The van der Waals surface area contributed by atoms with E-state index in [1.165, 1.54) is 40.1 Å². The first-order chi connectivity index (χ1) is 22.2. The number of amides is 1. The van der Waals surface area contributed by atoms with Gasteiger partial charge in [0.25, 0.3) is 0 Å². The van der Waals surface area contributed by atoms with Crippen LogP contribution < -0.4 is 10.9 Å². The molecule has 2 N–H and O–H groups in total. The number of nitrogens with one attached hydrogen (secondary N) is 2. The molecule has 0 saturated carbocycles. The largest absolute Gasteiger partial charge is 0.465 e. The Kier molecular flexibility index (Phi) is 12.5. The summed E-state index contributed by atoms with van der Waals surface area (Å²) < 4.78 is 13.7. The average molecular weight is 627 g/mol. The Bertz CT molecular complexity index is 1610. The first-order valence-electron chi connectivity index (χ1n) is 16.5. The number of esters is 1. The van der Waals surface area contributed by atoms with Crippen molar-refractivity contribution in [2.75, 3.05) is 20.3 Å². The lowest BCUT2D eigenvalue weighted by molar-refractivity contribution is -0.143. The van der Waals surface area contributed by atoms with Crippen molar-refractivity contribution in [3.63, 3.8) is 0 Å². The van der Waals surface area contributed by atoms with E-state index in [1.807, 2.05) is 19.2 Å². The molecule has 0 aliphatic rings. The summed E-state index contributed by atoms with van der Waals surface area (Å²) in [6.45, 7) is 11.9. The number of hydrogen-bond acceptors (Lipinski definition) is 6. The van der Waals surface area contributed by atoms with Crippen molar-refractivity contribution in [2.45, 2.75) is 85.8 Å². The van der Waals surface area contributed by atoms with Gasteiger partial charge in [0.1, 0.15) is 0 Å². The number of methoxy groups -OCH3 is 1.